The minimum atomic E-state index is 0.373. The Kier molecular flexibility index (Phi) is 4.78. The highest BCUT2D eigenvalue weighted by Crippen LogP contribution is 2.23. The third-order valence-corrected chi connectivity index (χ3v) is 4.63. The normalized spacial score (nSPS) is 14.6. The first-order chi connectivity index (χ1) is 9.08. The highest BCUT2D eigenvalue weighted by Gasteiger charge is 2.11. The fourth-order valence-corrected chi connectivity index (χ4v) is 3.00. The molecule has 1 nitrogen and oxygen atoms in total. The van der Waals surface area contributed by atoms with Crippen LogP contribution >= 0.6 is 11.3 Å². The van der Waals surface area contributed by atoms with Gasteiger partial charge in [0.1, 0.15) is 0 Å². The van der Waals surface area contributed by atoms with Crippen molar-refractivity contribution in [1.82, 2.24) is 5.32 Å². The topological polar surface area (TPSA) is 12.0 Å². The molecule has 2 rings (SSSR count). The molecule has 19 heavy (non-hydrogen) atoms. The lowest BCUT2D eigenvalue weighted by Crippen LogP contribution is -2.21. The summed E-state index contributed by atoms with van der Waals surface area (Å²) in [4.78, 5) is 1.39. The Morgan fingerprint density at radius 1 is 0.842 bits per heavy atom. The zero-order valence-electron chi connectivity index (χ0n) is 12.2. The van der Waals surface area contributed by atoms with Crippen LogP contribution in [0.2, 0.25) is 0 Å². The largest absolute Gasteiger partial charge is 0.303 e. The van der Waals surface area contributed by atoms with Gasteiger partial charge in [-0.05, 0) is 42.3 Å². The lowest BCUT2D eigenvalue weighted by Gasteiger charge is -2.20. The first-order valence-corrected chi connectivity index (χ1v) is 7.85. The average molecular weight is 273 g/mol. The molecule has 102 valence electrons. The van der Waals surface area contributed by atoms with E-state index in [1.807, 2.05) is 11.3 Å². The molecule has 0 saturated heterocycles. The maximum Gasteiger partial charge on any atom is 0.0391 e. The number of hydrogen-bond donors (Lipinski definition) is 1. The number of hydrogen-bond acceptors (Lipinski definition) is 2. The van der Waals surface area contributed by atoms with Crippen molar-refractivity contribution in [2.24, 2.45) is 0 Å². The zero-order valence-corrected chi connectivity index (χ0v) is 13.0. The van der Waals surface area contributed by atoms with Crippen molar-refractivity contribution >= 4 is 11.3 Å². The molecular formula is C17H23NS. The van der Waals surface area contributed by atoms with Crippen molar-refractivity contribution in [2.45, 2.75) is 45.7 Å². The van der Waals surface area contributed by atoms with E-state index >= 15 is 0 Å². The van der Waals surface area contributed by atoms with E-state index in [0.717, 1.165) is 0 Å². The molecule has 0 saturated carbocycles. The third kappa shape index (κ3) is 3.68. The molecule has 2 heteroatoms. The predicted octanol–water partition coefficient (Wildman–Crippen LogP) is 5.28. The third-order valence-electron chi connectivity index (χ3n) is 3.57. The summed E-state index contributed by atoms with van der Waals surface area (Å²) >= 11 is 1.81. The molecule has 0 amide bonds. The Labute approximate surface area is 120 Å². The minimum Gasteiger partial charge on any atom is -0.303 e. The summed E-state index contributed by atoms with van der Waals surface area (Å²) in [5, 5.41) is 5.79. The zero-order chi connectivity index (χ0) is 13.8. The van der Waals surface area contributed by atoms with Crippen LogP contribution in [0.25, 0.3) is 0 Å². The molecule has 0 aliphatic carbocycles. The van der Waals surface area contributed by atoms with Crippen LogP contribution in [0, 0.1) is 0 Å². The van der Waals surface area contributed by atoms with Crippen molar-refractivity contribution in [3.05, 3.63) is 57.8 Å². The molecule has 1 N–H and O–H groups in total. The van der Waals surface area contributed by atoms with Gasteiger partial charge in [0, 0.05) is 17.0 Å². The SMILES string of the molecule is CC(C)c1ccc(C(C)N[C@@H](C)c2cccs2)cc1. The fraction of sp³-hybridized carbons (Fsp3) is 0.412. The quantitative estimate of drug-likeness (QED) is 0.781. The monoisotopic (exact) mass is 273 g/mol. The molecule has 0 aliphatic rings. The van der Waals surface area contributed by atoms with Crippen LogP contribution in [0.4, 0.5) is 0 Å². The van der Waals surface area contributed by atoms with E-state index in [0.29, 0.717) is 18.0 Å². The van der Waals surface area contributed by atoms with Crippen LogP contribution in [-0.2, 0) is 0 Å². The van der Waals surface area contributed by atoms with E-state index in [2.05, 4.69) is 74.8 Å². The summed E-state index contributed by atoms with van der Waals surface area (Å²) in [6.07, 6.45) is 0. The second-order valence-corrected chi connectivity index (χ2v) is 6.43. The van der Waals surface area contributed by atoms with E-state index in [4.69, 9.17) is 0 Å². The van der Waals surface area contributed by atoms with Gasteiger partial charge in [0.05, 0.1) is 0 Å². The molecule has 1 unspecified atom stereocenters. The highest BCUT2D eigenvalue weighted by molar-refractivity contribution is 7.10. The molecule has 0 aliphatic heterocycles. The van der Waals surface area contributed by atoms with E-state index < -0.39 is 0 Å². The summed E-state index contributed by atoms with van der Waals surface area (Å²) in [6.45, 7) is 8.92. The Hall–Kier alpha value is -1.12. The van der Waals surface area contributed by atoms with E-state index in [9.17, 15) is 0 Å². The van der Waals surface area contributed by atoms with Gasteiger partial charge >= 0.3 is 0 Å². The van der Waals surface area contributed by atoms with Gasteiger partial charge in [0.2, 0.25) is 0 Å². The maximum absolute atomic E-state index is 3.66. The summed E-state index contributed by atoms with van der Waals surface area (Å²) in [7, 11) is 0. The van der Waals surface area contributed by atoms with E-state index in [1.54, 1.807) is 0 Å². The van der Waals surface area contributed by atoms with Crippen molar-refractivity contribution < 1.29 is 0 Å². The van der Waals surface area contributed by atoms with Gasteiger partial charge in [-0.1, -0.05) is 44.2 Å². The van der Waals surface area contributed by atoms with Crippen molar-refractivity contribution in [1.29, 1.82) is 0 Å². The Balaban J connectivity index is 2.01. The lowest BCUT2D eigenvalue weighted by molar-refractivity contribution is 0.500. The standard InChI is InChI=1S/C17H23NS/c1-12(2)15-7-9-16(10-8-15)13(3)18-14(4)17-6-5-11-19-17/h5-14,18H,1-4H3/t13?,14-/m0/s1. The summed E-state index contributed by atoms with van der Waals surface area (Å²) in [5.41, 5.74) is 2.76. The van der Waals surface area contributed by atoms with Crippen molar-refractivity contribution in [2.75, 3.05) is 0 Å². The van der Waals surface area contributed by atoms with Gasteiger partial charge in [-0.15, -0.1) is 11.3 Å². The van der Waals surface area contributed by atoms with Gasteiger partial charge in [0.25, 0.3) is 0 Å². The van der Waals surface area contributed by atoms with Crippen LogP contribution < -0.4 is 5.32 Å². The Morgan fingerprint density at radius 2 is 1.47 bits per heavy atom. The van der Waals surface area contributed by atoms with Gasteiger partial charge in [-0.2, -0.15) is 0 Å². The van der Waals surface area contributed by atoms with Crippen LogP contribution in [-0.4, -0.2) is 0 Å². The number of benzene rings is 1. The van der Waals surface area contributed by atoms with E-state index in [-0.39, 0.29) is 0 Å². The number of thiophene rings is 1. The summed E-state index contributed by atoms with van der Waals surface area (Å²) in [5.74, 6) is 0.599. The van der Waals surface area contributed by atoms with Gasteiger partial charge < -0.3 is 5.32 Å². The van der Waals surface area contributed by atoms with Gasteiger partial charge in [-0.3, -0.25) is 0 Å². The second-order valence-electron chi connectivity index (χ2n) is 5.45. The molecule has 0 spiro atoms. The van der Waals surface area contributed by atoms with Gasteiger partial charge in [0.15, 0.2) is 0 Å². The van der Waals surface area contributed by atoms with Crippen LogP contribution in [0.1, 0.15) is 61.7 Å². The molecule has 0 radical (unpaired) electrons. The van der Waals surface area contributed by atoms with E-state index in [1.165, 1.54) is 16.0 Å². The van der Waals surface area contributed by atoms with Gasteiger partial charge in [-0.25, -0.2) is 0 Å². The lowest BCUT2D eigenvalue weighted by atomic mass is 9.99. The molecule has 2 aromatic rings. The molecule has 0 fully saturated rings. The predicted molar refractivity (Wildman–Crippen MR) is 84.8 cm³/mol. The fourth-order valence-electron chi connectivity index (χ4n) is 2.26. The molecular weight excluding hydrogens is 250 g/mol. The molecule has 1 heterocycles. The Morgan fingerprint density at radius 3 is 2.00 bits per heavy atom. The van der Waals surface area contributed by atoms with Crippen LogP contribution in [0.5, 0.6) is 0 Å². The van der Waals surface area contributed by atoms with Crippen molar-refractivity contribution in [3.8, 4) is 0 Å². The molecule has 1 aromatic heterocycles. The first kappa shape index (κ1) is 14.3. The highest BCUT2D eigenvalue weighted by atomic mass is 32.1. The second kappa shape index (κ2) is 6.36. The first-order valence-electron chi connectivity index (χ1n) is 6.97. The van der Waals surface area contributed by atoms with Crippen LogP contribution in [0.3, 0.4) is 0 Å². The molecule has 2 atom stereocenters. The number of nitrogens with one attached hydrogen (secondary N) is 1. The average Bonchev–Trinajstić information content (AvgIpc) is 2.92. The maximum atomic E-state index is 3.66. The molecule has 0 bridgehead atoms. The Bertz CT molecular complexity index is 484. The number of rotatable bonds is 5. The minimum absolute atomic E-state index is 0.373. The van der Waals surface area contributed by atoms with Crippen LogP contribution in [0.15, 0.2) is 41.8 Å². The summed E-state index contributed by atoms with van der Waals surface area (Å²) in [6, 6.07) is 14.1. The smallest absolute Gasteiger partial charge is 0.0391 e. The molecule has 1 aromatic carbocycles. The summed E-state index contributed by atoms with van der Waals surface area (Å²) < 4.78 is 0. The van der Waals surface area contributed by atoms with Crippen molar-refractivity contribution in [3.63, 3.8) is 0 Å².